The number of aliphatic imine (C=N–C) groups is 1. The van der Waals surface area contributed by atoms with Crippen LogP contribution in [0.4, 0.5) is 22.7 Å². The average Bonchev–Trinajstić information content (AvgIpc) is 2.88. The smallest absolute Gasteiger partial charge is 0.318 e. The lowest BCUT2D eigenvalue weighted by atomic mass is 10.1. The highest BCUT2D eigenvalue weighted by atomic mass is 16.7. The van der Waals surface area contributed by atoms with E-state index in [-0.39, 0.29) is 0 Å². The first kappa shape index (κ1) is 27.0. The van der Waals surface area contributed by atoms with Crippen molar-refractivity contribution in [3.63, 3.8) is 0 Å². The summed E-state index contributed by atoms with van der Waals surface area (Å²) in [6.45, 7) is 9.95. The Morgan fingerprint density at radius 2 is 1.24 bits per heavy atom. The van der Waals surface area contributed by atoms with Crippen molar-refractivity contribution in [2.24, 2.45) is 15.3 Å². The average molecular weight is 499 g/mol. The highest BCUT2D eigenvalue weighted by molar-refractivity contribution is 6.41. The van der Waals surface area contributed by atoms with Gasteiger partial charge in [0.05, 0.1) is 22.8 Å². The van der Waals surface area contributed by atoms with Crippen LogP contribution in [0, 0.1) is 6.92 Å². The Hall–Kier alpha value is -4.59. The molecule has 0 aliphatic heterocycles. The van der Waals surface area contributed by atoms with E-state index < -0.39 is 11.9 Å². The number of aryl methyl sites for hydroxylation is 1. The molecule has 0 unspecified atom stereocenters. The van der Waals surface area contributed by atoms with E-state index >= 15 is 0 Å². The Labute approximate surface area is 216 Å². The monoisotopic (exact) mass is 498 g/mol. The zero-order valence-electron chi connectivity index (χ0n) is 21.9. The lowest BCUT2D eigenvalue weighted by Gasteiger charge is -2.26. The molecule has 0 saturated heterocycles. The number of anilines is 3. The van der Waals surface area contributed by atoms with E-state index in [1.165, 1.54) is 13.8 Å². The summed E-state index contributed by atoms with van der Waals surface area (Å²) < 4.78 is 0. The zero-order chi connectivity index (χ0) is 26.9. The molecular weight excluding hydrogens is 468 g/mol. The number of para-hydroxylation sites is 1. The van der Waals surface area contributed by atoms with Crippen molar-refractivity contribution in [2.45, 2.75) is 41.5 Å². The minimum Gasteiger partial charge on any atom is -0.318 e. The van der Waals surface area contributed by atoms with E-state index in [0.29, 0.717) is 17.1 Å². The number of oxime groups is 2. The van der Waals surface area contributed by atoms with Gasteiger partial charge in [0, 0.05) is 30.9 Å². The third kappa shape index (κ3) is 7.44. The zero-order valence-corrected chi connectivity index (χ0v) is 21.9. The molecule has 0 aliphatic carbocycles. The molecule has 3 aromatic carbocycles. The summed E-state index contributed by atoms with van der Waals surface area (Å²) in [7, 11) is 0. The molecular formula is C29H30N4O4. The Morgan fingerprint density at radius 3 is 1.86 bits per heavy atom. The molecule has 8 heteroatoms. The first-order valence-corrected chi connectivity index (χ1v) is 11.7. The van der Waals surface area contributed by atoms with Crippen molar-refractivity contribution in [1.29, 1.82) is 0 Å². The van der Waals surface area contributed by atoms with E-state index in [1.54, 1.807) is 13.8 Å². The van der Waals surface area contributed by atoms with Crippen molar-refractivity contribution in [1.82, 2.24) is 0 Å². The normalized spacial score (nSPS) is 12.2. The molecule has 0 heterocycles. The number of hydrogen-bond acceptors (Lipinski definition) is 8. The van der Waals surface area contributed by atoms with Gasteiger partial charge in [0.15, 0.2) is 0 Å². The van der Waals surface area contributed by atoms with Crippen LogP contribution in [-0.4, -0.2) is 29.1 Å². The van der Waals surface area contributed by atoms with E-state index in [2.05, 4.69) is 15.2 Å². The predicted molar refractivity (Wildman–Crippen MR) is 147 cm³/mol. The largest absolute Gasteiger partial charge is 0.331 e. The number of hydrogen-bond donors (Lipinski definition) is 0. The molecule has 37 heavy (non-hydrogen) atoms. The lowest BCUT2D eigenvalue weighted by molar-refractivity contribution is -0.141. The van der Waals surface area contributed by atoms with Gasteiger partial charge in [0.2, 0.25) is 0 Å². The van der Waals surface area contributed by atoms with E-state index in [9.17, 15) is 9.59 Å². The van der Waals surface area contributed by atoms with Crippen molar-refractivity contribution in [3.8, 4) is 0 Å². The number of benzene rings is 3. The minimum absolute atomic E-state index is 0.466. The van der Waals surface area contributed by atoms with Gasteiger partial charge < -0.3 is 14.6 Å². The van der Waals surface area contributed by atoms with Crippen LogP contribution in [0.2, 0.25) is 0 Å². The second-order valence-corrected chi connectivity index (χ2v) is 8.40. The minimum atomic E-state index is -0.484. The fourth-order valence-electron chi connectivity index (χ4n) is 3.38. The summed E-state index contributed by atoms with van der Waals surface area (Å²) in [6, 6.07) is 23.9. The molecule has 0 radical (unpaired) electrons. The van der Waals surface area contributed by atoms with Crippen molar-refractivity contribution >= 4 is 51.8 Å². The molecule has 0 saturated carbocycles. The quantitative estimate of drug-likeness (QED) is 0.194. The SMILES string of the molecule is CC(=O)O/N=C(/C)c1ccc(N(c2ccccc2)c2ccc(C)c(N=C(C)/C(C)=N/OC(C)=O)c2)cc1. The van der Waals surface area contributed by atoms with Crippen LogP contribution in [0.3, 0.4) is 0 Å². The van der Waals surface area contributed by atoms with E-state index in [0.717, 1.165) is 33.9 Å². The van der Waals surface area contributed by atoms with E-state index in [4.69, 9.17) is 14.7 Å². The van der Waals surface area contributed by atoms with Gasteiger partial charge in [-0.2, -0.15) is 0 Å². The van der Waals surface area contributed by atoms with Crippen LogP contribution < -0.4 is 4.90 Å². The Bertz CT molecular complexity index is 1360. The maximum Gasteiger partial charge on any atom is 0.331 e. The fourth-order valence-corrected chi connectivity index (χ4v) is 3.38. The van der Waals surface area contributed by atoms with Crippen LogP contribution in [0.15, 0.2) is 88.1 Å². The standard InChI is InChI=1S/C29H30N4O4/c1-19-12-15-28(18-29(19)30-20(2)21(3)31-36-23(5)34)33(26-10-8-7-9-11-26)27-16-13-25(14-17-27)22(4)32-37-24(6)35/h7-18H,1-6H3/b30-20?,31-21+,32-22-. The van der Waals surface area contributed by atoms with Crippen LogP contribution in [0.1, 0.15) is 45.7 Å². The maximum atomic E-state index is 11.1. The highest BCUT2D eigenvalue weighted by Crippen LogP contribution is 2.37. The third-order valence-electron chi connectivity index (χ3n) is 5.44. The maximum absolute atomic E-state index is 11.1. The van der Waals surface area contributed by atoms with E-state index in [1.807, 2.05) is 86.6 Å². The number of nitrogens with zero attached hydrogens (tertiary/aromatic N) is 4. The van der Waals surface area contributed by atoms with Gasteiger partial charge in [-0.1, -0.05) is 46.7 Å². The topological polar surface area (TPSA) is 92.9 Å². The highest BCUT2D eigenvalue weighted by Gasteiger charge is 2.14. The fraction of sp³-hybridized carbons (Fsp3) is 0.207. The molecule has 0 aliphatic rings. The summed E-state index contributed by atoms with van der Waals surface area (Å²) in [5.74, 6) is -0.949. The molecule has 190 valence electrons. The summed E-state index contributed by atoms with van der Waals surface area (Å²) in [6.07, 6.45) is 0. The summed E-state index contributed by atoms with van der Waals surface area (Å²) >= 11 is 0. The Balaban J connectivity index is 2.03. The van der Waals surface area contributed by atoms with Gasteiger partial charge >= 0.3 is 11.9 Å². The van der Waals surface area contributed by atoms with Gasteiger partial charge in [-0.25, -0.2) is 9.59 Å². The Kier molecular flexibility index (Phi) is 9.05. The van der Waals surface area contributed by atoms with Crippen molar-refractivity contribution in [3.05, 3.63) is 83.9 Å². The molecule has 3 rings (SSSR count). The van der Waals surface area contributed by atoms with Gasteiger partial charge in [-0.3, -0.25) is 4.99 Å². The predicted octanol–water partition coefficient (Wildman–Crippen LogP) is 6.78. The summed E-state index contributed by atoms with van der Waals surface area (Å²) in [5.41, 5.74) is 7.17. The van der Waals surface area contributed by atoms with Crippen molar-refractivity contribution in [2.75, 3.05) is 4.90 Å². The lowest BCUT2D eigenvalue weighted by Crippen LogP contribution is -2.10. The second-order valence-electron chi connectivity index (χ2n) is 8.40. The van der Waals surface area contributed by atoms with Gasteiger partial charge in [0.1, 0.15) is 0 Å². The molecule has 0 fully saturated rings. The Morgan fingerprint density at radius 1 is 0.676 bits per heavy atom. The van der Waals surface area contributed by atoms with Gasteiger partial charge in [-0.05, 0) is 75.2 Å². The molecule has 0 aromatic heterocycles. The third-order valence-corrected chi connectivity index (χ3v) is 5.44. The van der Waals surface area contributed by atoms with Crippen LogP contribution >= 0.6 is 0 Å². The molecule has 3 aromatic rings. The molecule has 8 nitrogen and oxygen atoms in total. The van der Waals surface area contributed by atoms with Crippen LogP contribution in [0.5, 0.6) is 0 Å². The van der Waals surface area contributed by atoms with Gasteiger partial charge in [0.25, 0.3) is 0 Å². The molecule has 0 amide bonds. The summed E-state index contributed by atoms with van der Waals surface area (Å²) in [4.78, 5) is 38.6. The molecule has 0 N–H and O–H groups in total. The molecule has 0 spiro atoms. The van der Waals surface area contributed by atoms with Gasteiger partial charge in [-0.15, -0.1) is 0 Å². The molecule has 0 bridgehead atoms. The van der Waals surface area contributed by atoms with Crippen LogP contribution in [-0.2, 0) is 19.3 Å². The number of carbonyl (C=O) groups is 2. The number of rotatable bonds is 8. The van der Waals surface area contributed by atoms with Crippen LogP contribution in [0.25, 0.3) is 0 Å². The summed E-state index contributed by atoms with van der Waals surface area (Å²) in [5, 5.41) is 7.71. The second kappa shape index (κ2) is 12.4. The van der Waals surface area contributed by atoms with Crippen molar-refractivity contribution < 1.29 is 19.3 Å². The molecule has 0 atom stereocenters. The first-order valence-electron chi connectivity index (χ1n) is 11.7. The number of carbonyl (C=O) groups excluding carboxylic acids is 2. The first-order chi connectivity index (χ1) is 17.7.